The molecule has 4 heteroatoms. The van der Waals surface area contributed by atoms with Crippen molar-refractivity contribution >= 4 is 5.82 Å². The van der Waals surface area contributed by atoms with Gasteiger partial charge in [0.1, 0.15) is 12.1 Å². The highest BCUT2D eigenvalue weighted by atomic mass is 16.3. The summed E-state index contributed by atoms with van der Waals surface area (Å²) in [5.41, 5.74) is 1.11. The molecule has 4 nitrogen and oxygen atoms in total. The predicted molar refractivity (Wildman–Crippen MR) is 68.0 cm³/mol. The highest BCUT2D eigenvalue weighted by Crippen LogP contribution is 2.24. The molecule has 0 spiro atoms. The number of hydrogen-bond donors (Lipinski definition) is 1. The van der Waals surface area contributed by atoms with Crippen LogP contribution in [-0.4, -0.2) is 34.3 Å². The average Bonchev–Trinajstić information content (AvgIpc) is 2.79. The fourth-order valence-electron chi connectivity index (χ4n) is 2.34. The molecule has 0 aromatic carbocycles. The molecule has 0 bridgehead atoms. The molecule has 2 atom stereocenters. The maximum atomic E-state index is 9.60. The molecule has 1 fully saturated rings. The molecule has 94 valence electrons. The second-order valence-corrected chi connectivity index (χ2v) is 4.85. The van der Waals surface area contributed by atoms with Gasteiger partial charge in [-0.15, -0.1) is 0 Å². The largest absolute Gasteiger partial charge is 0.393 e. The van der Waals surface area contributed by atoms with Gasteiger partial charge in [-0.25, -0.2) is 9.97 Å². The van der Waals surface area contributed by atoms with E-state index in [0.29, 0.717) is 5.92 Å². The third-order valence-electron chi connectivity index (χ3n) is 3.45. The van der Waals surface area contributed by atoms with Gasteiger partial charge >= 0.3 is 0 Å². The SMILES string of the molecule is CCCc1cc(N2CCC(C(C)O)C2)ncn1. The number of rotatable bonds is 4. The van der Waals surface area contributed by atoms with Gasteiger partial charge in [0, 0.05) is 30.8 Å². The second kappa shape index (κ2) is 5.45. The van der Waals surface area contributed by atoms with Crippen LogP contribution in [0.15, 0.2) is 12.4 Å². The third kappa shape index (κ3) is 2.94. The maximum Gasteiger partial charge on any atom is 0.132 e. The van der Waals surface area contributed by atoms with E-state index in [9.17, 15) is 5.11 Å². The van der Waals surface area contributed by atoms with E-state index in [-0.39, 0.29) is 6.10 Å². The van der Waals surface area contributed by atoms with Crippen LogP contribution in [0.1, 0.15) is 32.4 Å². The molecular formula is C13H21N3O. The first-order valence-electron chi connectivity index (χ1n) is 6.44. The second-order valence-electron chi connectivity index (χ2n) is 4.85. The fraction of sp³-hybridized carbons (Fsp3) is 0.692. The molecule has 2 heterocycles. The van der Waals surface area contributed by atoms with E-state index in [4.69, 9.17) is 0 Å². The molecule has 0 saturated carbocycles. The van der Waals surface area contributed by atoms with Crippen molar-refractivity contribution in [3.63, 3.8) is 0 Å². The van der Waals surface area contributed by atoms with Crippen LogP contribution in [0.4, 0.5) is 5.82 Å². The number of aryl methyl sites for hydroxylation is 1. The number of aromatic nitrogens is 2. The standard InChI is InChI=1S/C13H21N3O/c1-3-4-12-7-13(15-9-14-12)16-6-5-11(8-16)10(2)17/h7,9-11,17H,3-6,8H2,1-2H3. The first-order chi connectivity index (χ1) is 8.20. The van der Waals surface area contributed by atoms with Crippen molar-refractivity contribution in [1.29, 1.82) is 0 Å². The summed E-state index contributed by atoms with van der Waals surface area (Å²) in [5.74, 6) is 1.38. The monoisotopic (exact) mass is 235 g/mol. The van der Waals surface area contributed by atoms with Gasteiger partial charge in [0.2, 0.25) is 0 Å². The van der Waals surface area contributed by atoms with Crippen molar-refractivity contribution in [2.75, 3.05) is 18.0 Å². The molecule has 0 radical (unpaired) electrons. The Bertz CT molecular complexity index is 367. The molecule has 1 aromatic rings. The first-order valence-corrected chi connectivity index (χ1v) is 6.44. The highest BCUT2D eigenvalue weighted by Gasteiger charge is 2.26. The molecule has 0 amide bonds. The van der Waals surface area contributed by atoms with E-state index in [1.165, 1.54) is 0 Å². The summed E-state index contributed by atoms with van der Waals surface area (Å²) >= 11 is 0. The van der Waals surface area contributed by atoms with Gasteiger partial charge in [-0.1, -0.05) is 13.3 Å². The van der Waals surface area contributed by atoms with E-state index >= 15 is 0 Å². The normalized spacial score (nSPS) is 21.8. The van der Waals surface area contributed by atoms with Gasteiger partial charge < -0.3 is 10.0 Å². The number of aliphatic hydroxyl groups is 1. The van der Waals surface area contributed by atoms with E-state index in [1.807, 2.05) is 6.92 Å². The van der Waals surface area contributed by atoms with E-state index < -0.39 is 0 Å². The zero-order valence-electron chi connectivity index (χ0n) is 10.6. The Morgan fingerprint density at radius 1 is 1.53 bits per heavy atom. The first kappa shape index (κ1) is 12.3. The van der Waals surface area contributed by atoms with Crippen molar-refractivity contribution in [2.24, 2.45) is 5.92 Å². The van der Waals surface area contributed by atoms with Gasteiger partial charge in [-0.2, -0.15) is 0 Å². The number of anilines is 1. The van der Waals surface area contributed by atoms with E-state index in [0.717, 1.165) is 43.9 Å². The van der Waals surface area contributed by atoms with Gasteiger partial charge in [-0.3, -0.25) is 0 Å². The Balaban J connectivity index is 2.05. The van der Waals surface area contributed by atoms with Crippen LogP contribution in [0.3, 0.4) is 0 Å². The van der Waals surface area contributed by atoms with Crippen LogP contribution >= 0.6 is 0 Å². The molecule has 1 aliphatic rings. The predicted octanol–water partition coefficient (Wildman–Crippen LogP) is 1.64. The highest BCUT2D eigenvalue weighted by molar-refractivity contribution is 5.40. The van der Waals surface area contributed by atoms with Crippen LogP contribution in [-0.2, 0) is 6.42 Å². The van der Waals surface area contributed by atoms with Crippen LogP contribution in [0.25, 0.3) is 0 Å². The van der Waals surface area contributed by atoms with Crippen LogP contribution in [0.2, 0.25) is 0 Å². The summed E-state index contributed by atoms with van der Waals surface area (Å²) in [6.45, 7) is 5.91. The molecule has 2 unspecified atom stereocenters. The molecule has 1 saturated heterocycles. The Hall–Kier alpha value is -1.16. The van der Waals surface area contributed by atoms with Crippen molar-refractivity contribution in [2.45, 2.75) is 39.2 Å². The van der Waals surface area contributed by atoms with Gasteiger partial charge in [0.15, 0.2) is 0 Å². The molecule has 1 N–H and O–H groups in total. The van der Waals surface area contributed by atoms with Crippen LogP contribution in [0, 0.1) is 5.92 Å². The number of hydrogen-bond acceptors (Lipinski definition) is 4. The van der Waals surface area contributed by atoms with Gasteiger partial charge in [0.25, 0.3) is 0 Å². The molecule has 0 aliphatic carbocycles. The Labute approximate surface area is 103 Å². The lowest BCUT2D eigenvalue weighted by Crippen LogP contribution is -2.24. The minimum Gasteiger partial charge on any atom is -0.393 e. The van der Waals surface area contributed by atoms with E-state index in [1.54, 1.807) is 6.33 Å². The average molecular weight is 235 g/mol. The number of nitrogens with zero attached hydrogens (tertiary/aromatic N) is 3. The topological polar surface area (TPSA) is 49.2 Å². The minimum atomic E-state index is -0.225. The lowest BCUT2D eigenvalue weighted by molar-refractivity contribution is 0.136. The zero-order valence-corrected chi connectivity index (χ0v) is 10.6. The summed E-state index contributed by atoms with van der Waals surface area (Å²) in [6.07, 6.45) is 4.58. The summed E-state index contributed by atoms with van der Waals surface area (Å²) < 4.78 is 0. The lowest BCUT2D eigenvalue weighted by Gasteiger charge is -2.18. The van der Waals surface area contributed by atoms with Gasteiger partial charge in [-0.05, 0) is 19.8 Å². The van der Waals surface area contributed by atoms with Crippen molar-refractivity contribution in [3.8, 4) is 0 Å². The Morgan fingerprint density at radius 3 is 3.00 bits per heavy atom. The third-order valence-corrected chi connectivity index (χ3v) is 3.45. The molecule has 2 rings (SSSR count). The van der Waals surface area contributed by atoms with Crippen LogP contribution < -0.4 is 4.90 Å². The molecule has 1 aliphatic heterocycles. The Kier molecular flexibility index (Phi) is 3.94. The fourth-order valence-corrected chi connectivity index (χ4v) is 2.34. The van der Waals surface area contributed by atoms with Crippen molar-refractivity contribution < 1.29 is 5.11 Å². The molecule has 17 heavy (non-hydrogen) atoms. The lowest BCUT2D eigenvalue weighted by atomic mass is 10.0. The summed E-state index contributed by atoms with van der Waals surface area (Å²) in [4.78, 5) is 10.8. The molecular weight excluding hydrogens is 214 g/mol. The minimum absolute atomic E-state index is 0.225. The van der Waals surface area contributed by atoms with Crippen molar-refractivity contribution in [1.82, 2.24) is 9.97 Å². The quantitative estimate of drug-likeness (QED) is 0.862. The van der Waals surface area contributed by atoms with Crippen LogP contribution in [0.5, 0.6) is 0 Å². The smallest absolute Gasteiger partial charge is 0.132 e. The zero-order chi connectivity index (χ0) is 12.3. The van der Waals surface area contributed by atoms with Gasteiger partial charge in [0.05, 0.1) is 6.10 Å². The summed E-state index contributed by atoms with van der Waals surface area (Å²) in [7, 11) is 0. The summed E-state index contributed by atoms with van der Waals surface area (Å²) in [5, 5.41) is 9.60. The summed E-state index contributed by atoms with van der Waals surface area (Å²) in [6, 6.07) is 2.08. The molecule has 1 aromatic heterocycles. The van der Waals surface area contributed by atoms with Crippen molar-refractivity contribution in [3.05, 3.63) is 18.1 Å². The maximum absolute atomic E-state index is 9.60. The number of aliphatic hydroxyl groups excluding tert-OH is 1. The van der Waals surface area contributed by atoms with E-state index in [2.05, 4.69) is 27.9 Å². The Morgan fingerprint density at radius 2 is 2.35 bits per heavy atom.